The fourth-order valence-corrected chi connectivity index (χ4v) is 2.07. The van der Waals surface area contributed by atoms with E-state index in [4.69, 9.17) is 0 Å². The molecule has 7 heteroatoms. The third-order valence-electron chi connectivity index (χ3n) is 3.11. The highest BCUT2D eigenvalue weighted by molar-refractivity contribution is 5.85. The molecule has 0 saturated heterocycles. The van der Waals surface area contributed by atoms with Gasteiger partial charge in [-0.3, -0.25) is 14.3 Å². The van der Waals surface area contributed by atoms with Crippen LogP contribution in [0.25, 0.3) is 10.9 Å². The van der Waals surface area contributed by atoms with Crippen LogP contribution in [-0.4, -0.2) is 35.3 Å². The van der Waals surface area contributed by atoms with E-state index in [0.717, 1.165) is 19.5 Å². The molecule has 1 heterocycles. The van der Waals surface area contributed by atoms with E-state index in [0.29, 0.717) is 17.4 Å². The second kappa shape index (κ2) is 9.17. The predicted octanol–water partition coefficient (Wildman–Crippen LogP) is 0.934. The van der Waals surface area contributed by atoms with Crippen LogP contribution in [0.15, 0.2) is 35.3 Å². The molecular weight excluding hydrogens is 304 g/mol. The van der Waals surface area contributed by atoms with Crippen LogP contribution in [-0.2, 0) is 11.3 Å². The predicted molar refractivity (Wildman–Crippen MR) is 89.4 cm³/mol. The first kappa shape index (κ1) is 18.1. The second-order valence-electron chi connectivity index (χ2n) is 4.78. The first-order chi connectivity index (χ1) is 10.2. The van der Waals surface area contributed by atoms with Crippen LogP contribution >= 0.6 is 12.4 Å². The van der Waals surface area contributed by atoms with Crippen molar-refractivity contribution in [2.24, 2.45) is 0 Å². The molecule has 0 aliphatic heterocycles. The van der Waals surface area contributed by atoms with Gasteiger partial charge in [-0.1, -0.05) is 19.1 Å². The Bertz CT molecular complexity index is 672. The third kappa shape index (κ3) is 4.82. The summed E-state index contributed by atoms with van der Waals surface area (Å²) in [5.74, 6) is -0.116. The quantitative estimate of drug-likeness (QED) is 0.743. The summed E-state index contributed by atoms with van der Waals surface area (Å²) in [6.07, 6.45) is 2.32. The van der Waals surface area contributed by atoms with E-state index in [1.54, 1.807) is 22.9 Å². The molecule has 1 aromatic carbocycles. The van der Waals surface area contributed by atoms with Gasteiger partial charge in [0.2, 0.25) is 11.3 Å². The van der Waals surface area contributed by atoms with Crippen molar-refractivity contribution in [1.82, 2.24) is 20.4 Å². The van der Waals surface area contributed by atoms with Gasteiger partial charge in [0, 0.05) is 18.5 Å². The van der Waals surface area contributed by atoms with Crippen molar-refractivity contribution in [2.75, 3.05) is 19.6 Å². The van der Waals surface area contributed by atoms with Crippen molar-refractivity contribution in [3.63, 3.8) is 0 Å². The third-order valence-corrected chi connectivity index (χ3v) is 3.11. The zero-order valence-corrected chi connectivity index (χ0v) is 13.4. The molecule has 22 heavy (non-hydrogen) atoms. The maximum atomic E-state index is 11.9. The minimum atomic E-state index is -0.133. The molecule has 0 atom stereocenters. The number of nitrogens with zero attached hydrogens (tertiary/aromatic N) is 2. The Morgan fingerprint density at radius 1 is 1.23 bits per heavy atom. The number of amides is 1. The minimum absolute atomic E-state index is 0. The monoisotopic (exact) mass is 324 g/mol. The molecule has 2 aromatic rings. The highest BCUT2D eigenvalue weighted by Gasteiger charge is 2.07. The highest BCUT2D eigenvalue weighted by atomic mass is 35.5. The molecule has 120 valence electrons. The van der Waals surface area contributed by atoms with Crippen LogP contribution in [0.2, 0.25) is 0 Å². The number of halogens is 1. The number of nitrogens with one attached hydrogen (secondary N) is 2. The molecule has 0 aliphatic carbocycles. The van der Waals surface area contributed by atoms with Gasteiger partial charge >= 0.3 is 0 Å². The number of carbonyl (C=O) groups is 1. The lowest BCUT2D eigenvalue weighted by molar-refractivity contribution is -0.121. The highest BCUT2D eigenvalue weighted by Crippen LogP contribution is 2.07. The maximum Gasteiger partial charge on any atom is 0.241 e. The molecular formula is C15H21ClN4O2. The number of benzene rings is 1. The Morgan fingerprint density at radius 2 is 2.00 bits per heavy atom. The van der Waals surface area contributed by atoms with Crippen LogP contribution in [0.5, 0.6) is 0 Å². The van der Waals surface area contributed by atoms with Gasteiger partial charge in [-0.05, 0) is 25.1 Å². The summed E-state index contributed by atoms with van der Waals surface area (Å²) in [4.78, 5) is 23.6. The Morgan fingerprint density at radius 3 is 2.77 bits per heavy atom. The van der Waals surface area contributed by atoms with Gasteiger partial charge in [-0.25, -0.2) is 0 Å². The lowest BCUT2D eigenvalue weighted by atomic mass is 10.2. The summed E-state index contributed by atoms with van der Waals surface area (Å²) in [7, 11) is 0. The second-order valence-corrected chi connectivity index (χ2v) is 4.78. The summed E-state index contributed by atoms with van der Waals surface area (Å²) >= 11 is 0. The van der Waals surface area contributed by atoms with Crippen molar-refractivity contribution in [2.45, 2.75) is 19.9 Å². The first-order valence-corrected chi connectivity index (χ1v) is 7.14. The van der Waals surface area contributed by atoms with Crippen LogP contribution < -0.4 is 16.1 Å². The molecule has 1 aromatic heterocycles. The average Bonchev–Trinajstić information content (AvgIpc) is 2.50. The number of rotatable bonds is 7. The van der Waals surface area contributed by atoms with E-state index >= 15 is 0 Å². The molecule has 0 radical (unpaired) electrons. The Balaban J connectivity index is 0.00000242. The molecule has 1 amide bonds. The van der Waals surface area contributed by atoms with E-state index in [1.807, 2.05) is 6.07 Å². The molecule has 0 saturated carbocycles. The molecule has 6 nitrogen and oxygen atoms in total. The van der Waals surface area contributed by atoms with E-state index in [1.165, 1.54) is 6.20 Å². The zero-order chi connectivity index (χ0) is 15.1. The van der Waals surface area contributed by atoms with Gasteiger partial charge in [0.25, 0.3) is 0 Å². The molecule has 2 N–H and O–H groups in total. The van der Waals surface area contributed by atoms with Gasteiger partial charge in [0.15, 0.2) is 0 Å². The number of carbonyl (C=O) groups excluding carboxylic acids is 1. The molecule has 0 bridgehead atoms. The number of fused-ring (bicyclic) bond motifs is 1. The van der Waals surface area contributed by atoms with Crippen LogP contribution in [0.3, 0.4) is 0 Å². The van der Waals surface area contributed by atoms with Crippen molar-refractivity contribution in [1.29, 1.82) is 0 Å². The molecule has 0 fully saturated rings. The standard InChI is InChI=1S/C15H20N4O2.ClH/c1-2-7-16-8-9-17-15(21)11-19-13-6-4-3-5-12(13)14(20)10-18-19;/h3-6,10,16H,2,7-9,11H2,1H3,(H,17,21);1H. The van der Waals surface area contributed by atoms with Crippen molar-refractivity contribution in [3.8, 4) is 0 Å². The van der Waals surface area contributed by atoms with Gasteiger partial charge in [0.05, 0.1) is 11.7 Å². The number of para-hydroxylation sites is 1. The minimum Gasteiger partial charge on any atom is -0.353 e. The van der Waals surface area contributed by atoms with Crippen molar-refractivity contribution >= 4 is 29.2 Å². The van der Waals surface area contributed by atoms with Gasteiger partial charge in [0.1, 0.15) is 6.54 Å². The number of aromatic nitrogens is 2. The van der Waals surface area contributed by atoms with Crippen LogP contribution in [0.4, 0.5) is 0 Å². The lowest BCUT2D eigenvalue weighted by Crippen LogP contribution is -2.34. The normalized spacial score (nSPS) is 10.2. The van der Waals surface area contributed by atoms with E-state index in [-0.39, 0.29) is 30.3 Å². The summed E-state index contributed by atoms with van der Waals surface area (Å²) in [5, 5.41) is 10.6. The van der Waals surface area contributed by atoms with Crippen molar-refractivity contribution < 1.29 is 4.79 Å². The SMILES string of the molecule is CCCNCCNC(=O)Cn1ncc(=O)c2ccccc21.Cl. The summed E-state index contributed by atoms with van der Waals surface area (Å²) in [6, 6.07) is 7.16. The largest absolute Gasteiger partial charge is 0.353 e. The first-order valence-electron chi connectivity index (χ1n) is 7.14. The molecule has 0 spiro atoms. The van der Waals surface area contributed by atoms with Crippen molar-refractivity contribution in [3.05, 3.63) is 40.7 Å². The fourth-order valence-electron chi connectivity index (χ4n) is 2.07. The number of hydrogen-bond donors (Lipinski definition) is 2. The van der Waals surface area contributed by atoms with Gasteiger partial charge in [-0.2, -0.15) is 5.10 Å². The smallest absolute Gasteiger partial charge is 0.241 e. The maximum absolute atomic E-state index is 11.9. The topological polar surface area (TPSA) is 76.0 Å². The van der Waals surface area contributed by atoms with Gasteiger partial charge in [-0.15, -0.1) is 12.4 Å². The molecule has 0 aliphatic rings. The Hall–Kier alpha value is -1.92. The van der Waals surface area contributed by atoms with Gasteiger partial charge < -0.3 is 10.6 Å². The average molecular weight is 325 g/mol. The summed E-state index contributed by atoms with van der Waals surface area (Å²) in [6.45, 7) is 4.48. The zero-order valence-electron chi connectivity index (χ0n) is 12.5. The fraction of sp³-hybridized carbons (Fsp3) is 0.400. The lowest BCUT2D eigenvalue weighted by Gasteiger charge is -2.10. The summed E-state index contributed by atoms with van der Waals surface area (Å²) in [5.41, 5.74) is 0.537. The van der Waals surface area contributed by atoms with E-state index in [9.17, 15) is 9.59 Å². The van der Waals surface area contributed by atoms with Crippen LogP contribution in [0.1, 0.15) is 13.3 Å². The molecule has 2 rings (SSSR count). The molecule has 0 unspecified atom stereocenters. The van der Waals surface area contributed by atoms with Crippen LogP contribution in [0, 0.1) is 0 Å². The van der Waals surface area contributed by atoms with E-state index in [2.05, 4.69) is 22.7 Å². The Labute approximate surface area is 135 Å². The Kier molecular flexibility index (Phi) is 7.56. The summed E-state index contributed by atoms with van der Waals surface area (Å²) < 4.78 is 1.55. The van der Waals surface area contributed by atoms with E-state index < -0.39 is 0 Å². The number of hydrogen-bond acceptors (Lipinski definition) is 4.